The van der Waals surface area contributed by atoms with Gasteiger partial charge in [-0.25, -0.2) is 9.61 Å². The van der Waals surface area contributed by atoms with Crippen molar-refractivity contribution < 1.29 is 4.63 Å². The van der Waals surface area contributed by atoms with Gasteiger partial charge in [-0.1, -0.05) is 6.92 Å². The summed E-state index contributed by atoms with van der Waals surface area (Å²) in [5.41, 5.74) is 14.9. The largest absolute Gasteiger partial charge is 0.379 e. The summed E-state index contributed by atoms with van der Waals surface area (Å²) in [5, 5.41) is 7.46. The third kappa shape index (κ3) is 2.93. The number of nitrogens with zero attached hydrogens (tertiary/aromatic N) is 5. The van der Waals surface area contributed by atoms with Gasteiger partial charge in [0.05, 0.1) is 11.7 Å². The first-order valence-electron chi connectivity index (χ1n) is 9.07. The van der Waals surface area contributed by atoms with Crippen molar-refractivity contribution in [1.82, 2.24) is 30.2 Å². The summed E-state index contributed by atoms with van der Waals surface area (Å²) in [6.45, 7) is 5.09. The van der Waals surface area contributed by atoms with E-state index in [1.54, 1.807) is 6.20 Å². The number of nitrogens with one attached hydrogen (secondary N) is 1. The van der Waals surface area contributed by atoms with Gasteiger partial charge in [0.2, 0.25) is 0 Å². The van der Waals surface area contributed by atoms with Gasteiger partial charge in [-0.15, -0.1) is 0 Å². The fourth-order valence-electron chi connectivity index (χ4n) is 3.85. The van der Waals surface area contributed by atoms with Crippen LogP contribution in [0.4, 0.5) is 5.82 Å². The van der Waals surface area contributed by atoms with E-state index >= 15 is 0 Å². The molecule has 1 saturated heterocycles. The first-order chi connectivity index (χ1) is 12.7. The number of imidazole rings is 1. The maximum absolute atomic E-state index is 5.83. The number of piperidine rings is 1. The summed E-state index contributed by atoms with van der Waals surface area (Å²) in [6.07, 6.45) is 6.96. The molecule has 0 radical (unpaired) electrons. The van der Waals surface area contributed by atoms with Crippen molar-refractivity contribution in [2.24, 2.45) is 11.7 Å². The van der Waals surface area contributed by atoms with Gasteiger partial charge in [-0.2, -0.15) is 0 Å². The highest BCUT2D eigenvalue weighted by Gasteiger charge is 2.27. The second-order valence-corrected chi connectivity index (χ2v) is 6.85. The van der Waals surface area contributed by atoms with E-state index in [1.165, 1.54) is 0 Å². The van der Waals surface area contributed by atoms with Gasteiger partial charge in [-0.3, -0.25) is 9.88 Å². The van der Waals surface area contributed by atoms with Crippen LogP contribution >= 0.6 is 0 Å². The molecule has 1 fully saturated rings. The maximum atomic E-state index is 5.83. The molecule has 0 saturated carbocycles. The molecule has 1 aliphatic rings. The van der Waals surface area contributed by atoms with E-state index in [9.17, 15) is 0 Å². The molecule has 138 valence electrons. The van der Waals surface area contributed by atoms with Gasteiger partial charge >= 0.3 is 0 Å². The Hall–Kier alpha value is -2.52. The van der Waals surface area contributed by atoms with E-state index in [4.69, 9.17) is 16.1 Å². The Morgan fingerprint density at radius 3 is 2.77 bits per heavy atom. The van der Waals surface area contributed by atoms with Crippen LogP contribution in [0.2, 0.25) is 0 Å². The molecular weight excluding hydrogens is 332 g/mol. The number of H-pyrrole nitrogens is 1. The zero-order chi connectivity index (χ0) is 18.1. The smallest absolute Gasteiger partial charge is 0.199 e. The van der Waals surface area contributed by atoms with Crippen LogP contribution in [-0.4, -0.2) is 49.8 Å². The van der Waals surface area contributed by atoms with Gasteiger partial charge in [-0.05, 0) is 55.1 Å². The number of pyridine rings is 1. The number of hydrogen-bond donors (Lipinski definition) is 3. The first-order valence-corrected chi connectivity index (χ1v) is 9.07. The van der Waals surface area contributed by atoms with Crippen molar-refractivity contribution in [3.63, 3.8) is 0 Å². The van der Waals surface area contributed by atoms with Crippen LogP contribution in [-0.2, 0) is 0 Å². The molecule has 3 aromatic heterocycles. The molecule has 3 aromatic rings. The minimum atomic E-state index is 0.217. The van der Waals surface area contributed by atoms with Crippen molar-refractivity contribution in [2.75, 3.05) is 25.4 Å². The highest BCUT2D eigenvalue weighted by atomic mass is 16.6. The van der Waals surface area contributed by atoms with Gasteiger partial charge in [0.15, 0.2) is 17.3 Å². The fraction of sp³-hybridized carbons (Fsp3) is 0.529. The summed E-state index contributed by atoms with van der Waals surface area (Å²) in [5.74, 6) is 1.40. The van der Waals surface area contributed by atoms with Crippen LogP contribution in [0, 0.1) is 5.92 Å². The number of hydrogen-bond acceptors (Lipinski definition) is 8. The van der Waals surface area contributed by atoms with Crippen LogP contribution in [0.3, 0.4) is 0 Å². The summed E-state index contributed by atoms with van der Waals surface area (Å²) in [4.78, 5) is 14.8. The predicted octanol–water partition coefficient (Wildman–Crippen LogP) is 1.71. The monoisotopic (exact) mass is 356 g/mol. The highest BCUT2D eigenvalue weighted by Crippen LogP contribution is 2.33. The summed E-state index contributed by atoms with van der Waals surface area (Å²) >= 11 is 0. The average Bonchev–Trinajstić information content (AvgIpc) is 3.29. The number of nitrogen functional groups attached to an aromatic ring is 1. The second-order valence-electron chi connectivity index (χ2n) is 6.85. The molecule has 0 bridgehead atoms. The lowest BCUT2D eigenvalue weighted by atomic mass is 9.93. The number of aromatic nitrogens is 5. The molecule has 5 N–H and O–H groups in total. The highest BCUT2D eigenvalue weighted by molar-refractivity contribution is 5.82. The van der Waals surface area contributed by atoms with Gasteiger partial charge < -0.3 is 16.5 Å². The van der Waals surface area contributed by atoms with Crippen molar-refractivity contribution in [2.45, 2.75) is 32.2 Å². The summed E-state index contributed by atoms with van der Waals surface area (Å²) in [7, 11) is 0. The zero-order valence-corrected chi connectivity index (χ0v) is 14.9. The fourth-order valence-corrected chi connectivity index (χ4v) is 3.85. The van der Waals surface area contributed by atoms with Gasteiger partial charge in [0.25, 0.3) is 0 Å². The molecule has 1 unspecified atom stereocenters. The van der Waals surface area contributed by atoms with Crippen LogP contribution in [0.5, 0.6) is 0 Å². The lowest BCUT2D eigenvalue weighted by Gasteiger charge is -2.37. The Labute approximate surface area is 151 Å². The topological polar surface area (TPSA) is 136 Å². The second kappa shape index (κ2) is 7.00. The van der Waals surface area contributed by atoms with E-state index in [-0.39, 0.29) is 11.9 Å². The maximum Gasteiger partial charge on any atom is 0.199 e. The number of rotatable bonds is 5. The molecule has 9 nitrogen and oxygen atoms in total. The Balaban J connectivity index is 1.69. The standard InChI is InChI=1S/C17H24N8O/c1-2-13(25-5-3-10(7-18)4-6-25)11-8-20-9-12-14(11)22-17(21-12)15-16(19)24-26-23-15/h8-10,13H,2-7,18H2,1H3,(H2,19,24)(H,21,22). The van der Waals surface area contributed by atoms with E-state index in [0.29, 0.717) is 17.4 Å². The Bertz CT molecular complexity index is 880. The first kappa shape index (κ1) is 16.9. The van der Waals surface area contributed by atoms with E-state index in [2.05, 4.69) is 37.1 Å². The van der Waals surface area contributed by atoms with Crippen LogP contribution in [0.15, 0.2) is 17.0 Å². The van der Waals surface area contributed by atoms with E-state index < -0.39 is 0 Å². The molecule has 1 atom stereocenters. The number of aromatic amines is 1. The van der Waals surface area contributed by atoms with Gasteiger partial charge in [0.1, 0.15) is 5.52 Å². The number of nitrogens with two attached hydrogens (primary N) is 2. The van der Waals surface area contributed by atoms with Crippen LogP contribution < -0.4 is 11.5 Å². The lowest BCUT2D eigenvalue weighted by molar-refractivity contribution is 0.132. The molecule has 0 spiro atoms. The molecule has 4 rings (SSSR count). The Morgan fingerprint density at radius 1 is 1.31 bits per heavy atom. The van der Waals surface area contributed by atoms with E-state index in [1.807, 2.05) is 6.20 Å². The molecule has 0 aliphatic carbocycles. The molecule has 9 heteroatoms. The number of likely N-dealkylation sites (tertiary alicyclic amines) is 1. The normalized spacial score (nSPS) is 17.8. The van der Waals surface area contributed by atoms with Gasteiger partial charge in [0, 0.05) is 17.8 Å². The van der Waals surface area contributed by atoms with Crippen molar-refractivity contribution >= 4 is 16.9 Å². The number of anilines is 1. The van der Waals surface area contributed by atoms with Crippen LogP contribution in [0.1, 0.15) is 37.8 Å². The average molecular weight is 356 g/mol. The quantitative estimate of drug-likeness (QED) is 0.628. The van der Waals surface area contributed by atoms with Crippen molar-refractivity contribution in [3.05, 3.63) is 18.0 Å². The molecule has 0 aromatic carbocycles. The lowest BCUT2D eigenvalue weighted by Crippen LogP contribution is -2.38. The third-order valence-corrected chi connectivity index (χ3v) is 5.34. The summed E-state index contributed by atoms with van der Waals surface area (Å²) in [6, 6.07) is 0.283. The third-order valence-electron chi connectivity index (χ3n) is 5.34. The van der Waals surface area contributed by atoms with Crippen molar-refractivity contribution in [1.29, 1.82) is 0 Å². The minimum absolute atomic E-state index is 0.217. The van der Waals surface area contributed by atoms with Crippen molar-refractivity contribution in [3.8, 4) is 11.5 Å². The molecule has 1 aliphatic heterocycles. The molecule has 4 heterocycles. The molecular formula is C17H24N8O. The Morgan fingerprint density at radius 2 is 2.12 bits per heavy atom. The molecule has 0 amide bonds. The summed E-state index contributed by atoms with van der Waals surface area (Å²) < 4.78 is 4.69. The molecule has 26 heavy (non-hydrogen) atoms. The zero-order valence-electron chi connectivity index (χ0n) is 14.9. The van der Waals surface area contributed by atoms with E-state index in [0.717, 1.165) is 55.5 Å². The van der Waals surface area contributed by atoms with Crippen LogP contribution in [0.25, 0.3) is 22.6 Å². The number of fused-ring (bicyclic) bond motifs is 1. The minimum Gasteiger partial charge on any atom is -0.379 e. The SMILES string of the molecule is CCC(c1cncc2nc(-c3nonc3N)[nH]c12)N1CCC(CN)CC1. The predicted molar refractivity (Wildman–Crippen MR) is 98.0 cm³/mol. The Kier molecular flexibility index (Phi) is 4.56.